The van der Waals surface area contributed by atoms with Gasteiger partial charge in [0.25, 0.3) is 0 Å². The number of aryl methyl sites for hydroxylation is 1. The van der Waals surface area contributed by atoms with E-state index >= 15 is 0 Å². The molecule has 1 rings (SSSR count). The average molecular weight is 189 g/mol. The van der Waals surface area contributed by atoms with E-state index in [4.69, 9.17) is 11.6 Å². The highest BCUT2D eigenvalue weighted by atomic mass is 35.5. The van der Waals surface area contributed by atoms with Crippen LogP contribution in [0.4, 0.5) is 5.82 Å². The fraction of sp³-hybridized carbons (Fsp3) is 0.429. The maximum absolute atomic E-state index is 10.4. The van der Waals surface area contributed by atoms with Crippen molar-refractivity contribution in [1.29, 1.82) is 0 Å². The monoisotopic (exact) mass is 188 g/mol. The summed E-state index contributed by atoms with van der Waals surface area (Å²) in [6, 6.07) is 1.71. The largest absolute Gasteiger partial charge is 0.358 e. The number of hydrogen-bond acceptors (Lipinski definition) is 2. The van der Waals surface area contributed by atoms with Gasteiger partial charge in [0.15, 0.2) is 0 Å². The van der Waals surface area contributed by atoms with E-state index in [1.165, 1.54) is 0 Å². The lowest BCUT2D eigenvalue weighted by molar-refractivity contribution is -0.389. The van der Waals surface area contributed by atoms with E-state index in [0.717, 1.165) is 12.0 Å². The molecule has 0 spiro atoms. The first-order valence-corrected chi connectivity index (χ1v) is 4.15. The molecule has 0 saturated heterocycles. The van der Waals surface area contributed by atoms with Gasteiger partial charge in [0.05, 0.1) is 6.20 Å². The van der Waals surface area contributed by atoms with E-state index in [-0.39, 0.29) is 5.82 Å². The number of rotatable bonds is 4. The summed E-state index contributed by atoms with van der Waals surface area (Å²) < 4.78 is 0. The molecule has 0 aliphatic heterocycles. The molecule has 66 valence electrons. The van der Waals surface area contributed by atoms with Crippen molar-refractivity contribution in [3.63, 3.8) is 0 Å². The van der Waals surface area contributed by atoms with Gasteiger partial charge in [0.2, 0.25) is 0 Å². The van der Waals surface area contributed by atoms with Crippen molar-refractivity contribution >= 4 is 17.4 Å². The maximum atomic E-state index is 10.4. The van der Waals surface area contributed by atoms with Crippen molar-refractivity contribution in [3.05, 3.63) is 27.9 Å². The van der Waals surface area contributed by atoms with Gasteiger partial charge in [-0.25, -0.2) is 4.98 Å². The molecule has 0 fully saturated rings. The van der Waals surface area contributed by atoms with Gasteiger partial charge in [-0.15, -0.1) is 11.6 Å². The second kappa shape index (κ2) is 4.11. The summed E-state index contributed by atoms with van der Waals surface area (Å²) in [4.78, 5) is 12.5. The molecule has 0 amide bonds. The Morgan fingerprint density at radius 3 is 3.00 bits per heavy atom. The summed E-state index contributed by atoms with van der Waals surface area (Å²) in [7, 11) is 0. The molecule has 0 bridgehead atoms. The highest BCUT2D eigenvalue weighted by molar-refractivity contribution is 6.17. The SMILES string of the molecule is O=[N+]([O-])c1[nH]ccc1CCCCl. The van der Waals surface area contributed by atoms with Crippen LogP contribution < -0.4 is 0 Å². The number of nitrogens with zero attached hydrogens (tertiary/aromatic N) is 1. The van der Waals surface area contributed by atoms with Crippen LogP contribution in [0.25, 0.3) is 0 Å². The predicted octanol–water partition coefficient (Wildman–Crippen LogP) is 2.09. The van der Waals surface area contributed by atoms with Crippen LogP contribution in [0.5, 0.6) is 0 Å². The van der Waals surface area contributed by atoms with Crippen LogP contribution in [-0.4, -0.2) is 15.8 Å². The lowest BCUT2D eigenvalue weighted by Crippen LogP contribution is -1.93. The zero-order valence-corrected chi connectivity index (χ0v) is 7.17. The lowest BCUT2D eigenvalue weighted by Gasteiger charge is -1.95. The van der Waals surface area contributed by atoms with Crippen molar-refractivity contribution in [3.8, 4) is 0 Å². The van der Waals surface area contributed by atoms with Crippen LogP contribution in [0.3, 0.4) is 0 Å². The van der Waals surface area contributed by atoms with Crippen LogP contribution in [0.2, 0.25) is 0 Å². The molecule has 0 aliphatic carbocycles. The fourth-order valence-electron chi connectivity index (χ4n) is 1.02. The molecule has 0 radical (unpaired) electrons. The van der Waals surface area contributed by atoms with Crippen LogP contribution in [0, 0.1) is 10.1 Å². The van der Waals surface area contributed by atoms with Crippen molar-refractivity contribution < 1.29 is 4.92 Å². The maximum Gasteiger partial charge on any atom is 0.324 e. The molecule has 0 saturated carbocycles. The normalized spacial score (nSPS) is 10.1. The minimum absolute atomic E-state index is 0.0834. The van der Waals surface area contributed by atoms with Crippen molar-refractivity contribution in [1.82, 2.24) is 4.98 Å². The number of halogens is 1. The van der Waals surface area contributed by atoms with E-state index in [1.54, 1.807) is 12.3 Å². The first-order chi connectivity index (χ1) is 5.75. The summed E-state index contributed by atoms with van der Waals surface area (Å²) in [6.07, 6.45) is 2.99. The topological polar surface area (TPSA) is 58.9 Å². The molecule has 0 unspecified atom stereocenters. The molecular weight excluding hydrogens is 180 g/mol. The number of nitrogens with one attached hydrogen (secondary N) is 1. The van der Waals surface area contributed by atoms with Gasteiger partial charge in [-0.05, 0) is 23.8 Å². The van der Waals surface area contributed by atoms with Crippen molar-refractivity contribution in [2.75, 3.05) is 5.88 Å². The van der Waals surface area contributed by atoms with Gasteiger partial charge in [-0.2, -0.15) is 0 Å². The molecular formula is C7H9ClN2O2. The summed E-state index contributed by atoms with van der Waals surface area (Å²) in [5.74, 6) is 0.614. The fourth-order valence-corrected chi connectivity index (χ4v) is 1.16. The van der Waals surface area contributed by atoms with E-state index in [2.05, 4.69) is 4.98 Å². The van der Waals surface area contributed by atoms with Crippen LogP contribution in [-0.2, 0) is 6.42 Å². The summed E-state index contributed by atoms with van der Waals surface area (Å²) in [6.45, 7) is 0. The van der Waals surface area contributed by atoms with Gasteiger partial charge < -0.3 is 10.1 Å². The van der Waals surface area contributed by atoms with Gasteiger partial charge in [0.1, 0.15) is 0 Å². The zero-order chi connectivity index (χ0) is 8.97. The van der Waals surface area contributed by atoms with Crippen LogP contribution >= 0.6 is 11.6 Å². The van der Waals surface area contributed by atoms with Crippen molar-refractivity contribution in [2.45, 2.75) is 12.8 Å². The van der Waals surface area contributed by atoms with E-state index in [0.29, 0.717) is 12.3 Å². The molecule has 1 aromatic heterocycles. The summed E-state index contributed by atoms with van der Waals surface area (Å²) in [5, 5.41) is 10.4. The van der Waals surface area contributed by atoms with Gasteiger partial charge >= 0.3 is 5.82 Å². The summed E-state index contributed by atoms with van der Waals surface area (Å²) >= 11 is 5.47. The van der Waals surface area contributed by atoms with Gasteiger partial charge in [-0.1, -0.05) is 0 Å². The predicted molar refractivity (Wildman–Crippen MR) is 46.5 cm³/mol. The summed E-state index contributed by atoms with van der Waals surface area (Å²) in [5.41, 5.74) is 0.723. The Balaban J connectivity index is 2.70. The Morgan fingerprint density at radius 1 is 1.67 bits per heavy atom. The van der Waals surface area contributed by atoms with E-state index < -0.39 is 4.92 Å². The number of H-pyrrole nitrogens is 1. The third-order valence-electron chi connectivity index (χ3n) is 1.57. The standard InChI is InChI=1S/C7H9ClN2O2/c8-4-1-2-6-3-5-9-7(6)10(11)12/h3,5,9H,1-2,4H2. The number of aromatic nitrogens is 1. The Kier molecular flexibility index (Phi) is 3.10. The minimum Gasteiger partial charge on any atom is -0.358 e. The Bertz CT molecular complexity index is 272. The second-order valence-electron chi connectivity index (χ2n) is 2.40. The van der Waals surface area contributed by atoms with E-state index in [1.807, 2.05) is 0 Å². The quantitative estimate of drug-likeness (QED) is 0.447. The highest BCUT2D eigenvalue weighted by Gasteiger charge is 2.11. The third kappa shape index (κ3) is 1.98. The van der Waals surface area contributed by atoms with Gasteiger partial charge in [0, 0.05) is 11.4 Å². The van der Waals surface area contributed by atoms with E-state index in [9.17, 15) is 10.1 Å². The first-order valence-electron chi connectivity index (χ1n) is 3.62. The number of hydrogen-bond donors (Lipinski definition) is 1. The average Bonchev–Trinajstić information content (AvgIpc) is 2.48. The molecule has 1 heterocycles. The third-order valence-corrected chi connectivity index (χ3v) is 1.84. The second-order valence-corrected chi connectivity index (χ2v) is 2.78. The Morgan fingerprint density at radius 2 is 2.42 bits per heavy atom. The molecule has 0 aliphatic rings. The molecule has 4 nitrogen and oxygen atoms in total. The lowest BCUT2D eigenvalue weighted by atomic mass is 10.2. The smallest absolute Gasteiger partial charge is 0.324 e. The number of nitro groups is 1. The number of alkyl halides is 1. The highest BCUT2D eigenvalue weighted by Crippen LogP contribution is 2.17. The minimum atomic E-state index is -0.413. The first kappa shape index (κ1) is 9.06. The Hall–Kier alpha value is -1.03. The molecule has 1 N–H and O–H groups in total. The molecule has 1 aromatic rings. The van der Waals surface area contributed by atoms with Crippen LogP contribution in [0.1, 0.15) is 12.0 Å². The molecule has 5 heteroatoms. The van der Waals surface area contributed by atoms with Crippen LogP contribution in [0.15, 0.2) is 12.3 Å². The van der Waals surface area contributed by atoms with Gasteiger partial charge in [-0.3, -0.25) is 0 Å². The zero-order valence-electron chi connectivity index (χ0n) is 6.42. The Labute approximate surface area is 74.7 Å². The molecule has 0 aromatic carbocycles. The number of aromatic amines is 1. The molecule has 12 heavy (non-hydrogen) atoms. The molecule has 0 atom stereocenters. The van der Waals surface area contributed by atoms with Crippen molar-refractivity contribution in [2.24, 2.45) is 0 Å².